The first-order valence-corrected chi connectivity index (χ1v) is 3.00. The van der Waals surface area contributed by atoms with E-state index in [9.17, 15) is 9.59 Å². The number of carbonyl (C=O) groups excluding carboxylic acids is 2. The Labute approximate surface area is 53.6 Å². The van der Waals surface area contributed by atoms with Gasteiger partial charge in [-0.05, 0) is 12.0 Å². The van der Waals surface area contributed by atoms with Crippen molar-refractivity contribution in [1.29, 1.82) is 0 Å². The van der Waals surface area contributed by atoms with Gasteiger partial charge in [-0.1, -0.05) is 6.08 Å². The molecule has 0 amide bonds. The van der Waals surface area contributed by atoms with Crippen molar-refractivity contribution in [2.75, 3.05) is 0 Å². The number of aldehydes is 1. The van der Waals surface area contributed by atoms with E-state index in [0.717, 1.165) is 12.7 Å². The van der Waals surface area contributed by atoms with Crippen LogP contribution in [-0.2, 0) is 9.59 Å². The number of ketones is 1. The summed E-state index contributed by atoms with van der Waals surface area (Å²) in [6, 6.07) is 0. The Morgan fingerprint density at radius 1 is 1.67 bits per heavy atom. The highest BCUT2D eigenvalue weighted by molar-refractivity contribution is 5.99. The first kappa shape index (κ1) is 6.20. The van der Waals surface area contributed by atoms with Gasteiger partial charge in [0.1, 0.15) is 6.29 Å². The minimum absolute atomic E-state index is 0.141. The summed E-state index contributed by atoms with van der Waals surface area (Å²) in [7, 11) is 0. The Morgan fingerprint density at radius 2 is 2.44 bits per heavy atom. The molecule has 1 rings (SSSR count). The number of carbonyl (C=O) groups is 2. The lowest BCUT2D eigenvalue weighted by Gasteiger charge is -1.88. The first-order chi connectivity index (χ1) is 4.34. The minimum atomic E-state index is 0.141. The van der Waals surface area contributed by atoms with Crippen molar-refractivity contribution in [2.24, 2.45) is 0 Å². The molecule has 0 spiro atoms. The summed E-state index contributed by atoms with van der Waals surface area (Å²) in [5.74, 6) is 0.141. The summed E-state index contributed by atoms with van der Waals surface area (Å²) in [5.41, 5.74) is 0.699. The van der Waals surface area contributed by atoms with Crippen molar-refractivity contribution in [3.05, 3.63) is 11.6 Å². The second-order valence-corrected chi connectivity index (χ2v) is 2.06. The van der Waals surface area contributed by atoms with E-state index in [-0.39, 0.29) is 5.78 Å². The van der Waals surface area contributed by atoms with Crippen LogP contribution in [-0.4, -0.2) is 12.1 Å². The molecule has 0 saturated heterocycles. The molecule has 0 fully saturated rings. The molecule has 2 heteroatoms. The van der Waals surface area contributed by atoms with Gasteiger partial charge in [0.2, 0.25) is 0 Å². The van der Waals surface area contributed by atoms with Crippen LogP contribution in [0.5, 0.6) is 0 Å². The van der Waals surface area contributed by atoms with Gasteiger partial charge in [0, 0.05) is 12.8 Å². The number of allylic oxidation sites excluding steroid dienone is 2. The van der Waals surface area contributed by atoms with Crippen LogP contribution in [0.15, 0.2) is 11.6 Å². The van der Waals surface area contributed by atoms with E-state index in [2.05, 4.69) is 0 Å². The van der Waals surface area contributed by atoms with Gasteiger partial charge < -0.3 is 4.79 Å². The van der Waals surface area contributed by atoms with Crippen molar-refractivity contribution in [3.8, 4) is 0 Å². The maximum atomic E-state index is 10.7. The molecular formula is C7H8O2. The molecule has 0 atom stereocenters. The predicted octanol–water partition coefficient (Wildman–Crippen LogP) is 0.865. The third-order valence-corrected chi connectivity index (χ3v) is 1.42. The zero-order chi connectivity index (χ0) is 6.69. The molecular weight excluding hydrogens is 116 g/mol. The summed E-state index contributed by atoms with van der Waals surface area (Å²) in [4.78, 5) is 20.7. The van der Waals surface area contributed by atoms with Gasteiger partial charge in [0.05, 0.1) is 0 Å². The normalized spacial score (nSPS) is 17.8. The fourth-order valence-electron chi connectivity index (χ4n) is 0.939. The van der Waals surface area contributed by atoms with Crippen LogP contribution < -0.4 is 0 Å². The van der Waals surface area contributed by atoms with Crippen LogP contribution in [0.2, 0.25) is 0 Å². The number of Topliss-reactive ketones (excluding diaryl/α,β-unsaturated/α-hetero) is 1. The van der Waals surface area contributed by atoms with E-state index in [1.54, 1.807) is 0 Å². The monoisotopic (exact) mass is 124 g/mol. The highest BCUT2D eigenvalue weighted by Crippen LogP contribution is 2.15. The summed E-state index contributed by atoms with van der Waals surface area (Å²) in [6.07, 6.45) is 4.34. The van der Waals surface area contributed by atoms with Crippen molar-refractivity contribution in [3.63, 3.8) is 0 Å². The minimum Gasteiger partial charge on any atom is -0.303 e. The molecule has 0 bridgehead atoms. The van der Waals surface area contributed by atoms with E-state index >= 15 is 0 Å². The topological polar surface area (TPSA) is 34.1 Å². The van der Waals surface area contributed by atoms with Gasteiger partial charge in [-0.2, -0.15) is 0 Å². The lowest BCUT2D eigenvalue weighted by Crippen LogP contribution is -1.95. The van der Waals surface area contributed by atoms with E-state index in [1.807, 2.05) is 6.08 Å². The number of hydrogen-bond donors (Lipinski definition) is 0. The second kappa shape index (κ2) is 2.58. The van der Waals surface area contributed by atoms with Gasteiger partial charge in [-0.3, -0.25) is 4.79 Å². The highest BCUT2D eigenvalue weighted by atomic mass is 16.1. The molecule has 0 aliphatic heterocycles. The standard InChI is InChI=1S/C7H8O2/c8-5-4-6-2-1-3-7(6)9/h2,5H,1,3-4H2. The zero-order valence-electron chi connectivity index (χ0n) is 5.09. The Bertz CT molecular complexity index is 168. The molecule has 0 aromatic rings. The Hall–Kier alpha value is -0.920. The molecule has 0 heterocycles. The first-order valence-electron chi connectivity index (χ1n) is 3.00. The summed E-state index contributed by atoms with van der Waals surface area (Å²) in [5, 5.41) is 0. The van der Waals surface area contributed by atoms with E-state index < -0.39 is 0 Å². The SMILES string of the molecule is O=CCC1=CCCC1=O. The maximum absolute atomic E-state index is 10.7. The molecule has 0 aromatic heterocycles. The predicted molar refractivity (Wildman–Crippen MR) is 33.0 cm³/mol. The average molecular weight is 124 g/mol. The fraction of sp³-hybridized carbons (Fsp3) is 0.429. The molecule has 0 aromatic carbocycles. The van der Waals surface area contributed by atoms with Crippen LogP contribution in [0.3, 0.4) is 0 Å². The molecule has 1 aliphatic rings. The van der Waals surface area contributed by atoms with Crippen LogP contribution >= 0.6 is 0 Å². The molecule has 0 radical (unpaired) electrons. The lowest BCUT2D eigenvalue weighted by molar-refractivity contribution is -0.116. The number of hydrogen-bond acceptors (Lipinski definition) is 2. The molecule has 1 aliphatic carbocycles. The third kappa shape index (κ3) is 1.25. The van der Waals surface area contributed by atoms with Gasteiger partial charge in [0.15, 0.2) is 5.78 Å². The van der Waals surface area contributed by atoms with Crippen LogP contribution in [0.25, 0.3) is 0 Å². The molecule has 0 N–H and O–H groups in total. The Morgan fingerprint density at radius 3 is 2.89 bits per heavy atom. The lowest BCUT2D eigenvalue weighted by atomic mass is 10.2. The van der Waals surface area contributed by atoms with Crippen molar-refractivity contribution in [2.45, 2.75) is 19.3 Å². The van der Waals surface area contributed by atoms with Crippen molar-refractivity contribution >= 4 is 12.1 Å². The smallest absolute Gasteiger partial charge is 0.159 e. The quantitative estimate of drug-likeness (QED) is 0.512. The van der Waals surface area contributed by atoms with Crippen LogP contribution in [0, 0.1) is 0 Å². The van der Waals surface area contributed by atoms with Crippen molar-refractivity contribution in [1.82, 2.24) is 0 Å². The number of rotatable bonds is 2. The molecule has 48 valence electrons. The third-order valence-electron chi connectivity index (χ3n) is 1.42. The summed E-state index contributed by atoms with van der Waals surface area (Å²) >= 11 is 0. The van der Waals surface area contributed by atoms with Crippen LogP contribution in [0.1, 0.15) is 19.3 Å². The van der Waals surface area contributed by atoms with Gasteiger partial charge in [-0.25, -0.2) is 0 Å². The van der Waals surface area contributed by atoms with Gasteiger partial charge in [0.25, 0.3) is 0 Å². The Kier molecular flexibility index (Phi) is 1.78. The van der Waals surface area contributed by atoms with Crippen LogP contribution in [0.4, 0.5) is 0 Å². The van der Waals surface area contributed by atoms with E-state index in [4.69, 9.17) is 0 Å². The second-order valence-electron chi connectivity index (χ2n) is 2.06. The van der Waals surface area contributed by atoms with E-state index in [0.29, 0.717) is 18.4 Å². The van der Waals surface area contributed by atoms with E-state index in [1.165, 1.54) is 0 Å². The zero-order valence-corrected chi connectivity index (χ0v) is 5.09. The van der Waals surface area contributed by atoms with Crippen molar-refractivity contribution < 1.29 is 9.59 Å². The molecule has 0 unspecified atom stereocenters. The maximum Gasteiger partial charge on any atom is 0.159 e. The Balaban J connectivity index is 2.57. The summed E-state index contributed by atoms with van der Waals surface area (Å²) < 4.78 is 0. The molecule has 2 nitrogen and oxygen atoms in total. The molecule has 0 saturated carbocycles. The fourth-order valence-corrected chi connectivity index (χ4v) is 0.939. The summed E-state index contributed by atoms with van der Waals surface area (Å²) in [6.45, 7) is 0. The largest absolute Gasteiger partial charge is 0.303 e. The average Bonchev–Trinajstić information content (AvgIpc) is 2.18. The highest BCUT2D eigenvalue weighted by Gasteiger charge is 2.12. The van der Waals surface area contributed by atoms with Gasteiger partial charge >= 0.3 is 0 Å². The van der Waals surface area contributed by atoms with Gasteiger partial charge in [-0.15, -0.1) is 0 Å². The molecule has 9 heavy (non-hydrogen) atoms.